The Morgan fingerprint density at radius 2 is 1.35 bits per heavy atom. The lowest BCUT2D eigenvalue weighted by Crippen LogP contribution is -2.29. The van der Waals surface area contributed by atoms with Crippen molar-refractivity contribution in [3.63, 3.8) is 0 Å². The van der Waals surface area contributed by atoms with Crippen LogP contribution in [0.3, 0.4) is 0 Å². The zero-order valence-corrected chi connectivity index (χ0v) is 25.2. The van der Waals surface area contributed by atoms with Crippen molar-refractivity contribution in [2.45, 2.75) is 90.4 Å². The molecule has 2 aromatic rings. The number of anilines is 1. The molecule has 2 aromatic carbocycles. The van der Waals surface area contributed by atoms with Crippen molar-refractivity contribution in [2.24, 2.45) is 0 Å². The Morgan fingerprint density at radius 1 is 0.800 bits per heavy atom. The fourth-order valence-electron chi connectivity index (χ4n) is 4.58. The van der Waals surface area contributed by atoms with Crippen LogP contribution in [0.1, 0.15) is 102 Å². The summed E-state index contributed by atoms with van der Waals surface area (Å²) in [7, 11) is 0. The predicted molar refractivity (Wildman–Crippen MR) is 171 cm³/mol. The maximum atomic E-state index is 12.3. The molecule has 0 aromatic heterocycles. The topological polar surface area (TPSA) is 72.7 Å². The van der Waals surface area contributed by atoms with Crippen molar-refractivity contribution in [2.75, 3.05) is 30.3 Å². The molecule has 0 heterocycles. The number of benzene rings is 2. The molecule has 0 aliphatic carbocycles. The van der Waals surface area contributed by atoms with Crippen LogP contribution in [-0.4, -0.2) is 36.3 Å². The summed E-state index contributed by atoms with van der Waals surface area (Å²) < 4.78 is 5.59. The Hall–Kier alpha value is -2.80. The standard InChI is InChI=1S/C33H48N2O4S/c1-2-3-4-12-25-34(26-27-39-33(36)14-11-9-7-5-6-8-10-13-28-40)31-21-17-29(18-22-31)15-16-30-19-23-32(24-20-30)35(37)38/h15-24,40H,2-14,25-28H2,1H3/b16-15+. The van der Waals surface area contributed by atoms with E-state index >= 15 is 0 Å². The van der Waals surface area contributed by atoms with Gasteiger partial charge in [0.15, 0.2) is 0 Å². The number of unbranched alkanes of at least 4 members (excludes halogenated alkanes) is 10. The highest BCUT2D eigenvalue weighted by Gasteiger charge is 2.09. The summed E-state index contributed by atoms with van der Waals surface area (Å²) in [5, 5.41) is 10.8. The second kappa shape index (κ2) is 21.0. The van der Waals surface area contributed by atoms with Crippen LogP contribution in [0.15, 0.2) is 48.5 Å². The van der Waals surface area contributed by atoms with E-state index in [0.717, 1.165) is 48.4 Å². The van der Waals surface area contributed by atoms with E-state index < -0.39 is 4.92 Å². The fraction of sp³-hybridized carbons (Fsp3) is 0.545. The lowest BCUT2D eigenvalue weighted by Gasteiger charge is -2.25. The van der Waals surface area contributed by atoms with Gasteiger partial charge in [-0.25, -0.2) is 0 Å². The van der Waals surface area contributed by atoms with Gasteiger partial charge in [-0.2, -0.15) is 12.6 Å². The minimum Gasteiger partial charge on any atom is -0.464 e. The summed E-state index contributed by atoms with van der Waals surface area (Å²) in [4.78, 5) is 25.0. The van der Waals surface area contributed by atoms with E-state index in [1.165, 1.54) is 69.9 Å². The largest absolute Gasteiger partial charge is 0.464 e. The molecule has 220 valence electrons. The van der Waals surface area contributed by atoms with Gasteiger partial charge in [0, 0.05) is 30.8 Å². The third-order valence-corrected chi connectivity index (χ3v) is 7.34. The molecule has 0 aliphatic heterocycles. The van der Waals surface area contributed by atoms with Gasteiger partial charge in [-0.15, -0.1) is 0 Å². The lowest BCUT2D eigenvalue weighted by atomic mass is 10.1. The molecule has 0 bridgehead atoms. The minimum absolute atomic E-state index is 0.0905. The normalized spacial score (nSPS) is 11.2. The van der Waals surface area contributed by atoms with E-state index in [-0.39, 0.29) is 11.7 Å². The Balaban J connectivity index is 1.78. The van der Waals surface area contributed by atoms with E-state index in [1.54, 1.807) is 12.1 Å². The van der Waals surface area contributed by atoms with Gasteiger partial charge in [-0.3, -0.25) is 14.9 Å². The zero-order chi connectivity index (χ0) is 28.8. The Bertz CT molecular complexity index is 993. The summed E-state index contributed by atoms with van der Waals surface area (Å²) in [5.41, 5.74) is 3.17. The van der Waals surface area contributed by atoms with Crippen LogP contribution < -0.4 is 4.90 Å². The van der Waals surface area contributed by atoms with Gasteiger partial charge in [-0.1, -0.05) is 89.0 Å². The van der Waals surface area contributed by atoms with E-state index in [0.29, 0.717) is 19.6 Å². The van der Waals surface area contributed by atoms with Crippen molar-refractivity contribution < 1.29 is 14.5 Å². The van der Waals surface area contributed by atoms with Crippen LogP contribution >= 0.6 is 12.6 Å². The summed E-state index contributed by atoms with van der Waals surface area (Å²) in [6.45, 7) is 4.23. The highest BCUT2D eigenvalue weighted by atomic mass is 32.1. The molecule has 0 fully saturated rings. The number of ether oxygens (including phenoxy) is 1. The zero-order valence-electron chi connectivity index (χ0n) is 24.3. The van der Waals surface area contributed by atoms with E-state index in [2.05, 4.69) is 48.7 Å². The summed E-state index contributed by atoms with van der Waals surface area (Å²) in [6, 6.07) is 14.9. The molecule has 7 heteroatoms. The van der Waals surface area contributed by atoms with Crippen LogP contribution in [-0.2, 0) is 9.53 Å². The van der Waals surface area contributed by atoms with Crippen LogP contribution in [0.2, 0.25) is 0 Å². The number of nitro groups is 1. The summed E-state index contributed by atoms with van der Waals surface area (Å²) >= 11 is 4.25. The molecule has 40 heavy (non-hydrogen) atoms. The number of non-ortho nitro benzene ring substituents is 1. The lowest BCUT2D eigenvalue weighted by molar-refractivity contribution is -0.384. The summed E-state index contributed by atoms with van der Waals surface area (Å²) in [5.74, 6) is 0.891. The number of hydrogen-bond donors (Lipinski definition) is 1. The number of rotatable bonds is 22. The number of hydrogen-bond acceptors (Lipinski definition) is 6. The molecular weight excluding hydrogens is 520 g/mol. The first-order valence-electron chi connectivity index (χ1n) is 15.1. The number of nitrogens with zero attached hydrogens (tertiary/aromatic N) is 2. The second-order valence-electron chi connectivity index (χ2n) is 10.3. The van der Waals surface area contributed by atoms with Gasteiger partial charge in [0.05, 0.1) is 11.5 Å². The third-order valence-electron chi connectivity index (χ3n) is 7.03. The van der Waals surface area contributed by atoms with Gasteiger partial charge in [0.2, 0.25) is 0 Å². The molecular formula is C33H48N2O4S. The first-order valence-corrected chi connectivity index (χ1v) is 15.7. The number of esters is 1. The molecule has 0 radical (unpaired) electrons. The quantitative estimate of drug-likeness (QED) is 0.0383. The Morgan fingerprint density at radius 3 is 1.93 bits per heavy atom. The van der Waals surface area contributed by atoms with Crippen molar-refractivity contribution in [3.05, 3.63) is 69.8 Å². The molecule has 0 atom stereocenters. The first kappa shape index (κ1) is 33.4. The molecule has 0 aliphatic rings. The van der Waals surface area contributed by atoms with Crippen molar-refractivity contribution in [1.82, 2.24) is 0 Å². The van der Waals surface area contributed by atoms with E-state index in [4.69, 9.17) is 4.74 Å². The highest BCUT2D eigenvalue weighted by Crippen LogP contribution is 2.19. The molecule has 0 amide bonds. The first-order chi connectivity index (χ1) is 19.5. The molecule has 2 rings (SSSR count). The average molecular weight is 569 g/mol. The van der Waals surface area contributed by atoms with Crippen LogP contribution in [0.4, 0.5) is 11.4 Å². The molecule has 0 unspecified atom stereocenters. The third kappa shape index (κ3) is 14.5. The maximum Gasteiger partial charge on any atom is 0.305 e. The van der Waals surface area contributed by atoms with Crippen molar-refractivity contribution in [1.29, 1.82) is 0 Å². The smallest absolute Gasteiger partial charge is 0.305 e. The SMILES string of the molecule is CCCCCCN(CCOC(=O)CCCCCCCCCCS)c1ccc(/C=C/c2ccc([N+](=O)[O-])cc2)cc1. The Kier molecular flexibility index (Phi) is 17.6. The summed E-state index contributed by atoms with van der Waals surface area (Å²) in [6.07, 6.45) is 18.7. The molecule has 0 saturated carbocycles. The van der Waals surface area contributed by atoms with Gasteiger partial charge < -0.3 is 9.64 Å². The van der Waals surface area contributed by atoms with Gasteiger partial charge in [0.25, 0.3) is 5.69 Å². The Labute approximate surface area is 246 Å². The van der Waals surface area contributed by atoms with Gasteiger partial charge >= 0.3 is 5.97 Å². The van der Waals surface area contributed by atoms with Crippen molar-refractivity contribution >= 4 is 42.1 Å². The van der Waals surface area contributed by atoms with Crippen LogP contribution in [0.25, 0.3) is 12.2 Å². The molecule has 0 spiro atoms. The highest BCUT2D eigenvalue weighted by molar-refractivity contribution is 7.80. The fourth-order valence-corrected chi connectivity index (χ4v) is 4.80. The number of carbonyl (C=O) groups excluding carboxylic acids is 1. The molecule has 0 N–H and O–H groups in total. The maximum absolute atomic E-state index is 12.3. The van der Waals surface area contributed by atoms with Gasteiger partial charge in [-0.05, 0) is 60.4 Å². The van der Waals surface area contributed by atoms with Crippen LogP contribution in [0.5, 0.6) is 0 Å². The molecule has 6 nitrogen and oxygen atoms in total. The molecule has 0 saturated heterocycles. The van der Waals surface area contributed by atoms with E-state index in [9.17, 15) is 14.9 Å². The predicted octanol–water partition coefficient (Wildman–Crippen LogP) is 9.14. The van der Waals surface area contributed by atoms with Crippen molar-refractivity contribution in [3.8, 4) is 0 Å². The van der Waals surface area contributed by atoms with E-state index in [1.807, 2.05) is 12.2 Å². The minimum atomic E-state index is -0.391. The number of carbonyl (C=O) groups is 1. The number of nitro benzene ring substituents is 1. The van der Waals surface area contributed by atoms with Crippen LogP contribution in [0, 0.1) is 10.1 Å². The van der Waals surface area contributed by atoms with Gasteiger partial charge in [0.1, 0.15) is 6.61 Å². The second-order valence-corrected chi connectivity index (χ2v) is 10.8. The number of thiol groups is 1. The average Bonchev–Trinajstić information content (AvgIpc) is 2.97. The monoisotopic (exact) mass is 568 g/mol.